The van der Waals surface area contributed by atoms with Gasteiger partial charge in [0.15, 0.2) is 0 Å². The molecule has 1 aliphatic heterocycles. The highest BCUT2D eigenvalue weighted by molar-refractivity contribution is 6.05. The third-order valence-electron chi connectivity index (χ3n) is 3.64. The van der Waals surface area contributed by atoms with Gasteiger partial charge in [-0.15, -0.1) is 0 Å². The van der Waals surface area contributed by atoms with Crippen molar-refractivity contribution in [1.29, 1.82) is 0 Å². The van der Waals surface area contributed by atoms with E-state index in [9.17, 15) is 14.0 Å². The molecule has 2 aromatic rings. The summed E-state index contributed by atoms with van der Waals surface area (Å²) in [7, 11) is 0. The molecule has 0 aliphatic carbocycles. The summed E-state index contributed by atoms with van der Waals surface area (Å²) in [6, 6.07) is 8.83. The Hall–Kier alpha value is -3.09. The molecular formula is C18H17FN2O4. The third kappa shape index (κ3) is 3.71. The lowest BCUT2D eigenvalue weighted by atomic mass is 10.1. The van der Waals surface area contributed by atoms with Crippen LogP contribution in [0.3, 0.4) is 0 Å². The molecular weight excluding hydrogens is 327 g/mol. The standard InChI is InChI=1S/C18H17FN2O4/c1-2-24-18(23)13-5-4-12(10-14(13)19)21-17(22)11-3-6-16-15(9-11)20-7-8-25-16/h3-6,9-10,20H,2,7-8H2,1H3,(H,21,22). The fourth-order valence-electron chi connectivity index (χ4n) is 2.45. The first-order valence-electron chi connectivity index (χ1n) is 7.87. The first-order chi connectivity index (χ1) is 12.1. The smallest absolute Gasteiger partial charge is 0.341 e. The predicted octanol–water partition coefficient (Wildman–Crippen LogP) is 3.06. The zero-order valence-corrected chi connectivity index (χ0v) is 13.6. The lowest BCUT2D eigenvalue weighted by molar-refractivity contribution is 0.0521. The zero-order chi connectivity index (χ0) is 17.8. The molecule has 0 saturated heterocycles. The van der Waals surface area contributed by atoms with E-state index < -0.39 is 17.7 Å². The molecule has 0 aromatic heterocycles. The largest absolute Gasteiger partial charge is 0.490 e. The van der Waals surface area contributed by atoms with Gasteiger partial charge in [-0.25, -0.2) is 9.18 Å². The van der Waals surface area contributed by atoms with Crippen molar-refractivity contribution in [3.05, 3.63) is 53.3 Å². The fraction of sp³-hybridized carbons (Fsp3) is 0.222. The average Bonchev–Trinajstić information content (AvgIpc) is 2.61. The molecule has 0 bridgehead atoms. The number of carbonyl (C=O) groups is 2. The molecule has 130 valence electrons. The molecule has 0 saturated carbocycles. The van der Waals surface area contributed by atoms with Crippen LogP contribution in [0.5, 0.6) is 5.75 Å². The lowest BCUT2D eigenvalue weighted by Crippen LogP contribution is -2.19. The molecule has 1 heterocycles. The number of ether oxygens (including phenoxy) is 2. The Morgan fingerprint density at radius 2 is 2.12 bits per heavy atom. The quantitative estimate of drug-likeness (QED) is 0.834. The Kier molecular flexibility index (Phi) is 4.83. The summed E-state index contributed by atoms with van der Waals surface area (Å²) in [5.74, 6) is -1.19. The number of halogens is 1. The van der Waals surface area contributed by atoms with Gasteiger partial charge in [-0.2, -0.15) is 0 Å². The maximum atomic E-state index is 14.0. The second-order valence-electron chi connectivity index (χ2n) is 5.36. The number of amides is 1. The molecule has 0 atom stereocenters. The van der Waals surface area contributed by atoms with Crippen LogP contribution in [0.2, 0.25) is 0 Å². The molecule has 3 rings (SSSR count). The molecule has 2 N–H and O–H groups in total. The van der Waals surface area contributed by atoms with Gasteiger partial charge < -0.3 is 20.1 Å². The Balaban J connectivity index is 1.75. The van der Waals surface area contributed by atoms with Crippen LogP contribution in [0, 0.1) is 5.82 Å². The molecule has 0 spiro atoms. The van der Waals surface area contributed by atoms with E-state index in [-0.39, 0.29) is 17.9 Å². The molecule has 7 heteroatoms. The van der Waals surface area contributed by atoms with E-state index in [0.717, 1.165) is 11.8 Å². The minimum Gasteiger partial charge on any atom is -0.490 e. The minimum atomic E-state index is -0.753. The Labute approximate surface area is 143 Å². The van der Waals surface area contributed by atoms with Crippen LogP contribution in [-0.4, -0.2) is 31.6 Å². The molecule has 2 aromatic carbocycles. The molecule has 0 fully saturated rings. The molecule has 0 radical (unpaired) electrons. The minimum absolute atomic E-state index is 0.160. The van der Waals surface area contributed by atoms with Gasteiger partial charge in [0.25, 0.3) is 5.91 Å². The van der Waals surface area contributed by atoms with Crippen LogP contribution in [0.25, 0.3) is 0 Å². The first-order valence-corrected chi connectivity index (χ1v) is 7.87. The van der Waals surface area contributed by atoms with Crippen molar-refractivity contribution in [2.24, 2.45) is 0 Å². The van der Waals surface area contributed by atoms with Gasteiger partial charge in [0.2, 0.25) is 0 Å². The maximum absolute atomic E-state index is 14.0. The number of fused-ring (bicyclic) bond motifs is 1. The highest BCUT2D eigenvalue weighted by Crippen LogP contribution is 2.28. The van der Waals surface area contributed by atoms with Gasteiger partial charge in [0.05, 0.1) is 17.9 Å². The predicted molar refractivity (Wildman–Crippen MR) is 90.7 cm³/mol. The maximum Gasteiger partial charge on any atom is 0.341 e. The SMILES string of the molecule is CCOC(=O)c1ccc(NC(=O)c2ccc3c(c2)NCCO3)cc1F. The highest BCUT2D eigenvalue weighted by Gasteiger charge is 2.16. The van der Waals surface area contributed by atoms with Crippen LogP contribution < -0.4 is 15.4 Å². The molecule has 1 aliphatic rings. The molecule has 1 amide bonds. The van der Waals surface area contributed by atoms with E-state index in [0.29, 0.717) is 24.5 Å². The summed E-state index contributed by atoms with van der Waals surface area (Å²) in [6.45, 7) is 3.04. The topological polar surface area (TPSA) is 76.7 Å². The average molecular weight is 344 g/mol. The van der Waals surface area contributed by atoms with Crippen LogP contribution >= 0.6 is 0 Å². The van der Waals surface area contributed by atoms with Crippen molar-refractivity contribution in [2.75, 3.05) is 30.4 Å². The van der Waals surface area contributed by atoms with Crippen molar-refractivity contribution < 1.29 is 23.5 Å². The zero-order valence-electron chi connectivity index (χ0n) is 13.6. The van der Waals surface area contributed by atoms with Crippen molar-refractivity contribution in [3.8, 4) is 5.75 Å². The third-order valence-corrected chi connectivity index (χ3v) is 3.64. The summed E-state index contributed by atoms with van der Waals surface area (Å²) in [6.07, 6.45) is 0. The number of hydrogen-bond acceptors (Lipinski definition) is 5. The van der Waals surface area contributed by atoms with Gasteiger partial charge in [0.1, 0.15) is 18.2 Å². The number of hydrogen-bond donors (Lipinski definition) is 2. The highest BCUT2D eigenvalue weighted by atomic mass is 19.1. The van der Waals surface area contributed by atoms with Crippen LogP contribution in [-0.2, 0) is 4.74 Å². The fourth-order valence-corrected chi connectivity index (χ4v) is 2.45. The summed E-state index contributed by atoms with van der Waals surface area (Å²) in [5, 5.41) is 5.75. The Morgan fingerprint density at radius 1 is 1.28 bits per heavy atom. The Bertz CT molecular complexity index is 823. The van der Waals surface area contributed by atoms with Crippen LogP contribution in [0.15, 0.2) is 36.4 Å². The lowest BCUT2D eigenvalue weighted by Gasteiger charge is -2.19. The number of benzene rings is 2. The van der Waals surface area contributed by atoms with Crippen molar-refractivity contribution >= 4 is 23.3 Å². The van der Waals surface area contributed by atoms with E-state index in [1.807, 2.05) is 0 Å². The van der Waals surface area contributed by atoms with Gasteiger partial charge >= 0.3 is 5.97 Å². The van der Waals surface area contributed by atoms with Gasteiger partial charge in [-0.05, 0) is 43.3 Å². The summed E-state index contributed by atoms with van der Waals surface area (Å²) in [5.41, 5.74) is 1.22. The molecule has 0 unspecified atom stereocenters. The second-order valence-corrected chi connectivity index (χ2v) is 5.36. The number of esters is 1. The molecule has 25 heavy (non-hydrogen) atoms. The van der Waals surface area contributed by atoms with Crippen LogP contribution in [0.1, 0.15) is 27.6 Å². The Morgan fingerprint density at radius 3 is 2.88 bits per heavy atom. The van der Waals surface area contributed by atoms with Gasteiger partial charge in [0, 0.05) is 17.8 Å². The summed E-state index contributed by atoms with van der Waals surface area (Å²) < 4.78 is 24.2. The summed E-state index contributed by atoms with van der Waals surface area (Å²) in [4.78, 5) is 23.9. The summed E-state index contributed by atoms with van der Waals surface area (Å²) >= 11 is 0. The van der Waals surface area contributed by atoms with E-state index in [2.05, 4.69) is 10.6 Å². The second kappa shape index (κ2) is 7.21. The number of carbonyl (C=O) groups excluding carboxylic acids is 2. The van der Waals surface area contributed by atoms with E-state index >= 15 is 0 Å². The first kappa shape index (κ1) is 16.8. The van der Waals surface area contributed by atoms with Gasteiger partial charge in [-0.3, -0.25) is 4.79 Å². The van der Waals surface area contributed by atoms with Crippen molar-refractivity contribution in [1.82, 2.24) is 0 Å². The van der Waals surface area contributed by atoms with E-state index in [4.69, 9.17) is 9.47 Å². The monoisotopic (exact) mass is 344 g/mol. The van der Waals surface area contributed by atoms with Gasteiger partial charge in [-0.1, -0.05) is 0 Å². The molecule has 6 nitrogen and oxygen atoms in total. The van der Waals surface area contributed by atoms with Crippen molar-refractivity contribution in [2.45, 2.75) is 6.92 Å². The number of rotatable bonds is 4. The normalized spacial score (nSPS) is 12.4. The number of nitrogens with one attached hydrogen (secondary N) is 2. The van der Waals surface area contributed by atoms with E-state index in [1.54, 1.807) is 25.1 Å². The van der Waals surface area contributed by atoms with E-state index in [1.165, 1.54) is 12.1 Å². The number of anilines is 2. The van der Waals surface area contributed by atoms with Crippen LogP contribution in [0.4, 0.5) is 15.8 Å². The van der Waals surface area contributed by atoms with Crippen molar-refractivity contribution in [3.63, 3.8) is 0 Å².